The average molecular weight is 267 g/mol. The van der Waals surface area contributed by atoms with E-state index in [0.29, 0.717) is 29.2 Å². The first-order chi connectivity index (χ1) is 8.76. The van der Waals surface area contributed by atoms with Gasteiger partial charge in [-0.3, -0.25) is 0 Å². The van der Waals surface area contributed by atoms with Gasteiger partial charge in [-0.15, -0.1) is 0 Å². The average Bonchev–Trinajstić information content (AvgIpc) is 2.46. The first-order valence-electron chi connectivity index (χ1n) is 6.12. The van der Waals surface area contributed by atoms with E-state index in [1.807, 2.05) is 6.08 Å². The first-order valence-corrected chi connectivity index (χ1v) is 6.86. The molecule has 0 amide bonds. The van der Waals surface area contributed by atoms with Gasteiger partial charge in [0.15, 0.2) is 0 Å². The lowest BCUT2D eigenvalue weighted by Crippen LogP contribution is -2.31. The zero-order chi connectivity index (χ0) is 13.0. The summed E-state index contributed by atoms with van der Waals surface area (Å²) in [5.74, 6) is 0.0975. The first kappa shape index (κ1) is 13.2. The largest absolute Gasteiger partial charge is 0.466 e. The van der Waals surface area contributed by atoms with Gasteiger partial charge in [0.25, 0.3) is 0 Å². The van der Waals surface area contributed by atoms with Crippen molar-refractivity contribution in [3.8, 4) is 0 Å². The number of piperidine rings is 1. The minimum absolute atomic E-state index is 0.345. The molecule has 1 saturated heterocycles. The summed E-state index contributed by atoms with van der Waals surface area (Å²) in [6.07, 6.45) is 6.24. The predicted octanol–water partition coefficient (Wildman–Crippen LogP) is 0.801. The Balaban J connectivity index is 2.23. The molecule has 1 N–H and O–H groups in total. The van der Waals surface area contributed by atoms with Gasteiger partial charge in [-0.05, 0) is 37.4 Å². The van der Waals surface area contributed by atoms with E-state index in [2.05, 4.69) is 5.32 Å². The van der Waals surface area contributed by atoms with Crippen LogP contribution in [0.1, 0.15) is 19.3 Å². The van der Waals surface area contributed by atoms with E-state index in [4.69, 9.17) is 4.74 Å². The van der Waals surface area contributed by atoms with Crippen LogP contribution in [0.4, 0.5) is 0 Å². The summed E-state index contributed by atoms with van der Waals surface area (Å²) in [7, 11) is 1.36. The van der Waals surface area contributed by atoms with Gasteiger partial charge in [0, 0.05) is 12.0 Å². The van der Waals surface area contributed by atoms with Crippen molar-refractivity contribution in [1.82, 2.24) is 5.32 Å². The van der Waals surface area contributed by atoms with Crippen molar-refractivity contribution >= 4 is 22.1 Å². The minimum Gasteiger partial charge on any atom is -0.466 e. The number of carbonyl (C=O) groups is 1. The number of allylic oxidation sites excluding steroid dienone is 3. The lowest BCUT2D eigenvalue weighted by molar-refractivity contribution is -0.136. The van der Waals surface area contributed by atoms with Crippen LogP contribution in [0, 0.1) is 5.92 Å². The Morgan fingerprint density at radius 1 is 1.39 bits per heavy atom. The van der Waals surface area contributed by atoms with Crippen LogP contribution >= 0.6 is 0 Å². The predicted molar refractivity (Wildman–Crippen MR) is 71.5 cm³/mol. The Morgan fingerprint density at radius 2 is 2.11 bits per heavy atom. The van der Waals surface area contributed by atoms with Crippen molar-refractivity contribution in [2.75, 3.05) is 20.2 Å². The molecule has 18 heavy (non-hydrogen) atoms. The molecular weight excluding hydrogens is 250 g/mol. The number of methoxy groups -OCH3 is 1. The lowest BCUT2D eigenvalue weighted by atomic mass is 9.83. The second kappa shape index (κ2) is 6.11. The maximum Gasteiger partial charge on any atom is 0.334 e. The number of hydrogen-bond acceptors (Lipinski definition) is 4. The summed E-state index contributed by atoms with van der Waals surface area (Å²) in [4.78, 5) is 12.2. The molecule has 2 aliphatic rings. The SMILES string of the molecule is COC(=O)C1=CC=C(C2CCNCC2)C(=S=O)C1. The fraction of sp³-hybridized carbons (Fsp3) is 0.538. The smallest absolute Gasteiger partial charge is 0.334 e. The number of rotatable bonds is 2. The van der Waals surface area contributed by atoms with Crippen molar-refractivity contribution < 1.29 is 13.7 Å². The Labute approximate surface area is 110 Å². The van der Waals surface area contributed by atoms with E-state index in [9.17, 15) is 9.00 Å². The van der Waals surface area contributed by atoms with E-state index in [1.54, 1.807) is 6.08 Å². The topological polar surface area (TPSA) is 55.4 Å². The number of ether oxygens (including phenoxy) is 1. The molecule has 0 unspecified atom stereocenters. The second-order valence-electron chi connectivity index (χ2n) is 4.51. The standard InChI is InChI=1S/C13H17NO3S/c1-17-13(15)10-2-3-11(12(8-10)18-16)9-4-6-14-7-5-9/h2-3,9,14H,4-8H2,1H3. The number of esters is 1. The van der Waals surface area contributed by atoms with Crippen LogP contribution < -0.4 is 5.32 Å². The molecular formula is C13H17NO3S. The molecule has 0 spiro atoms. The molecule has 5 heteroatoms. The van der Waals surface area contributed by atoms with Crippen LogP contribution in [0.2, 0.25) is 0 Å². The lowest BCUT2D eigenvalue weighted by Gasteiger charge is -2.27. The molecule has 0 aromatic heterocycles. The third kappa shape index (κ3) is 2.79. The minimum atomic E-state index is -0.345. The van der Waals surface area contributed by atoms with Gasteiger partial charge in [-0.1, -0.05) is 12.2 Å². The van der Waals surface area contributed by atoms with Crippen molar-refractivity contribution in [2.24, 2.45) is 5.92 Å². The zero-order valence-electron chi connectivity index (χ0n) is 10.4. The van der Waals surface area contributed by atoms with E-state index in [0.717, 1.165) is 36.4 Å². The molecule has 0 radical (unpaired) electrons. The monoisotopic (exact) mass is 267 g/mol. The quantitative estimate of drug-likeness (QED) is 0.594. The van der Waals surface area contributed by atoms with Crippen molar-refractivity contribution in [3.05, 3.63) is 23.3 Å². The molecule has 98 valence electrons. The zero-order valence-corrected chi connectivity index (χ0v) is 11.2. The molecule has 0 bridgehead atoms. The summed E-state index contributed by atoms with van der Waals surface area (Å²) in [6, 6.07) is 0. The summed E-state index contributed by atoms with van der Waals surface area (Å²) in [5.41, 5.74) is 1.68. The van der Waals surface area contributed by atoms with Gasteiger partial charge in [-0.25, -0.2) is 9.00 Å². The van der Waals surface area contributed by atoms with Crippen molar-refractivity contribution in [1.29, 1.82) is 0 Å². The molecule has 0 aromatic carbocycles. The third-order valence-electron chi connectivity index (χ3n) is 3.46. The van der Waals surface area contributed by atoms with E-state index in [1.165, 1.54) is 7.11 Å². The molecule has 0 aromatic rings. The summed E-state index contributed by atoms with van der Waals surface area (Å²) in [6.45, 7) is 1.98. The van der Waals surface area contributed by atoms with Gasteiger partial charge < -0.3 is 10.1 Å². The fourth-order valence-corrected chi connectivity index (χ4v) is 3.01. The molecule has 2 rings (SSSR count). The van der Waals surface area contributed by atoms with Gasteiger partial charge in [-0.2, -0.15) is 0 Å². The molecule has 1 aliphatic heterocycles. The molecule has 4 nitrogen and oxygen atoms in total. The summed E-state index contributed by atoms with van der Waals surface area (Å²) >= 11 is 0.509. The van der Waals surface area contributed by atoms with Crippen LogP contribution in [0.3, 0.4) is 0 Å². The molecule has 1 aliphatic carbocycles. The Morgan fingerprint density at radius 3 is 2.72 bits per heavy atom. The van der Waals surface area contributed by atoms with Gasteiger partial charge in [0.1, 0.15) is 0 Å². The Kier molecular flexibility index (Phi) is 4.49. The van der Waals surface area contributed by atoms with Crippen LogP contribution in [-0.2, 0) is 20.8 Å². The summed E-state index contributed by atoms with van der Waals surface area (Å²) < 4.78 is 15.9. The number of nitrogens with one attached hydrogen (secondary N) is 1. The van der Waals surface area contributed by atoms with Crippen molar-refractivity contribution in [3.63, 3.8) is 0 Å². The highest BCUT2D eigenvalue weighted by Gasteiger charge is 2.25. The summed E-state index contributed by atoms with van der Waals surface area (Å²) in [5, 5.41) is 3.31. The van der Waals surface area contributed by atoms with E-state index < -0.39 is 0 Å². The number of hydrogen-bond donors (Lipinski definition) is 1. The highest BCUT2D eigenvalue weighted by Crippen LogP contribution is 2.27. The van der Waals surface area contributed by atoms with Crippen LogP contribution in [-0.4, -0.2) is 35.2 Å². The van der Waals surface area contributed by atoms with Gasteiger partial charge in [0.05, 0.1) is 23.2 Å². The van der Waals surface area contributed by atoms with Gasteiger partial charge >= 0.3 is 5.97 Å². The van der Waals surface area contributed by atoms with Crippen LogP contribution in [0.15, 0.2) is 23.3 Å². The molecule has 1 heterocycles. The van der Waals surface area contributed by atoms with E-state index >= 15 is 0 Å². The number of carbonyl (C=O) groups excluding carboxylic acids is 1. The highest BCUT2D eigenvalue weighted by molar-refractivity contribution is 7.67. The molecule has 0 atom stereocenters. The highest BCUT2D eigenvalue weighted by atomic mass is 32.1. The second-order valence-corrected chi connectivity index (χ2v) is 5.17. The maximum absolute atomic E-state index is 11.5. The Bertz CT molecular complexity index is 455. The molecule has 1 fully saturated rings. The normalized spacial score (nSPS) is 21.1. The Hall–Kier alpha value is -1.20. The van der Waals surface area contributed by atoms with E-state index in [-0.39, 0.29) is 5.97 Å². The van der Waals surface area contributed by atoms with Crippen LogP contribution in [0.5, 0.6) is 0 Å². The fourth-order valence-electron chi connectivity index (χ4n) is 2.46. The molecule has 0 saturated carbocycles. The van der Waals surface area contributed by atoms with Crippen LogP contribution in [0.25, 0.3) is 0 Å². The van der Waals surface area contributed by atoms with Gasteiger partial charge in [0.2, 0.25) is 0 Å². The maximum atomic E-state index is 11.5. The third-order valence-corrected chi connectivity index (χ3v) is 4.05. The van der Waals surface area contributed by atoms with Crippen molar-refractivity contribution in [2.45, 2.75) is 19.3 Å².